The minimum atomic E-state index is -0.584. The fourth-order valence-corrected chi connectivity index (χ4v) is 7.00. The summed E-state index contributed by atoms with van der Waals surface area (Å²) >= 11 is 1.29. The normalized spacial score (nSPS) is 13.3. The molecule has 0 radical (unpaired) electrons. The Morgan fingerprint density at radius 3 is 2.35 bits per heavy atom. The predicted molar refractivity (Wildman–Crippen MR) is 183 cm³/mol. The van der Waals surface area contributed by atoms with Crippen molar-refractivity contribution < 1.29 is 23.9 Å². The van der Waals surface area contributed by atoms with E-state index in [-0.39, 0.29) is 6.61 Å². The van der Waals surface area contributed by atoms with Crippen molar-refractivity contribution in [2.24, 2.45) is 0 Å². The first-order chi connectivity index (χ1) is 22.3. The SMILES string of the molecule is CCOC(=O)c1c(NC(=O)COC(=O)c2c3c(nc4ccccc24)/C(=C/c2ccccc2)CCC3)sc(C)c1-c1ccc(C)cc1. The zero-order valence-corrected chi connectivity index (χ0v) is 26.8. The van der Waals surface area contributed by atoms with Crippen LogP contribution in [0.15, 0.2) is 78.9 Å². The fourth-order valence-electron chi connectivity index (χ4n) is 5.92. The highest BCUT2D eigenvalue weighted by Gasteiger charge is 2.28. The zero-order valence-electron chi connectivity index (χ0n) is 26.0. The van der Waals surface area contributed by atoms with Crippen molar-refractivity contribution in [3.05, 3.63) is 117 Å². The number of anilines is 1. The number of amides is 1. The molecule has 0 unspecified atom stereocenters. The molecule has 8 heteroatoms. The second-order valence-corrected chi connectivity index (χ2v) is 12.4. The van der Waals surface area contributed by atoms with Gasteiger partial charge in [-0.1, -0.05) is 78.4 Å². The number of para-hydroxylation sites is 1. The van der Waals surface area contributed by atoms with Crippen LogP contribution in [0.2, 0.25) is 0 Å². The van der Waals surface area contributed by atoms with Gasteiger partial charge in [0.1, 0.15) is 10.6 Å². The van der Waals surface area contributed by atoms with Gasteiger partial charge < -0.3 is 14.8 Å². The molecule has 46 heavy (non-hydrogen) atoms. The third kappa shape index (κ3) is 6.34. The lowest BCUT2D eigenvalue weighted by atomic mass is 9.86. The van der Waals surface area contributed by atoms with Gasteiger partial charge in [0.25, 0.3) is 5.91 Å². The predicted octanol–water partition coefficient (Wildman–Crippen LogP) is 8.43. The van der Waals surface area contributed by atoms with E-state index in [1.807, 2.05) is 92.7 Å². The topological polar surface area (TPSA) is 94.6 Å². The number of carbonyl (C=O) groups excluding carboxylic acids is 3. The number of thiophene rings is 1. The molecule has 2 heterocycles. The molecule has 0 spiro atoms. The van der Waals surface area contributed by atoms with E-state index in [9.17, 15) is 14.4 Å². The largest absolute Gasteiger partial charge is 0.462 e. The average molecular weight is 631 g/mol. The molecule has 5 aromatic rings. The number of ether oxygens (including phenoxy) is 2. The number of nitrogens with zero attached hydrogens (tertiary/aromatic N) is 1. The maximum atomic E-state index is 13.8. The molecular formula is C38H34N2O5S. The standard InChI is InChI=1S/C38H34N2O5S/c1-4-44-38(43)34-32(26-19-17-23(2)18-20-26)24(3)46-36(34)40-31(41)22-45-37(42)33-28-14-8-9-16-30(28)39-35-27(13-10-15-29(33)35)21-25-11-6-5-7-12-25/h5-9,11-12,14,16-21H,4,10,13,15,22H2,1-3H3,(H,40,41)/b27-21+. The summed E-state index contributed by atoms with van der Waals surface area (Å²) in [5.41, 5.74) is 7.83. The van der Waals surface area contributed by atoms with Gasteiger partial charge in [-0.3, -0.25) is 4.79 Å². The monoisotopic (exact) mass is 630 g/mol. The Labute approximate surface area is 271 Å². The molecule has 7 nitrogen and oxygen atoms in total. The molecule has 232 valence electrons. The minimum absolute atomic E-state index is 0.193. The highest BCUT2D eigenvalue weighted by Crippen LogP contribution is 2.41. The van der Waals surface area contributed by atoms with E-state index < -0.39 is 24.5 Å². The first kappa shape index (κ1) is 30.9. The number of aryl methyl sites for hydroxylation is 2. The summed E-state index contributed by atoms with van der Waals surface area (Å²) in [5, 5.41) is 3.86. The Kier molecular flexibility index (Phi) is 9.08. The van der Waals surface area contributed by atoms with E-state index in [0.29, 0.717) is 39.0 Å². The molecular weight excluding hydrogens is 596 g/mol. The summed E-state index contributed by atoms with van der Waals surface area (Å²) in [6, 6.07) is 25.4. The minimum Gasteiger partial charge on any atom is -0.462 e. The summed E-state index contributed by atoms with van der Waals surface area (Å²) in [6.45, 7) is 5.31. The van der Waals surface area contributed by atoms with Crippen molar-refractivity contribution in [1.29, 1.82) is 0 Å². The quantitative estimate of drug-likeness (QED) is 0.173. The van der Waals surface area contributed by atoms with Gasteiger partial charge in [0.15, 0.2) is 6.61 Å². The molecule has 0 saturated carbocycles. The van der Waals surface area contributed by atoms with Crippen LogP contribution in [0.25, 0.3) is 33.7 Å². The Hall–Kier alpha value is -5.08. The zero-order chi connectivity index (χ0) is 32.2. The first-order valence-corrected chi connectivity index (χ1v) is 16.2. The first-order valence-electron chi connectivity index (χ1n) is 15.4. The third-order valence-corrected chi connectivity index (χ3v) is 9.03. The van der Waals surface area contributed by atoms with Crippen LogP contribution in [-0.2, 0) is 20.7 Å². The molecule has 0 atom stereocenters. The van der Waals surface area contributed by atoms with E-state index >= 15 is 0 Å². The number of hydrogen-bond donors (Lipinski definition) is 1. The number of allylic oxidation sites excluding steroid dienone is 1. The summed E-state index contributed by atoms with van der Waals surface area (Å²) in [7, 11) is 0. The lowest BCUT2D eigenvalue weighted by Crippen LogP contribution is -2.23. The number of pyridine rings is 1. The Balaban J connectivity index is 1.28. The van der Waals surface area contributed by atoms with Gasteiger partial charge in [-0.15, -0.1) is 11.3 Å². The number of benzene rings is 3. The van der Waals surface area contributed by atoms with Crippen LogP contribution in [0.3, 0.4) is 0 Å². The van der Waals surface area contributed by atoms with Crippen molar-refractivity contribution in [2.75, 3.05) is 18.5 Å². The lowest BCUT2D eigenvalue weighted by molar-refractivity contribution is -0.119. The summed E-state index contributed by atoms with van der Waals surface area (Å²) in [5.74, 6) is -1.66. The molecule has 2 aromatic heterocycles. The molecule has 1 aliphatic carbocycles. The number of aromatic nitrogens is 1. The Morgan fingerprint density at radius 1 is 0.870 bits per heavy atom. The van der Waals surface area contributed by atoms with Crippen LogP contribution in [-0.4, -0.2) is 36.0 Å². The van der Waals surface area contributed by atoms with Crippen LogP contribution in [0.5, 0.6) is 0 Å². The maximum absolute atomic E-state index is 13.8. The average Bonchev–Trinajstić information content (AvgIpc) is 3.38. The van der Waals surface area contributed by atoms with Crippen molar-refractivity contribution in [3.8, 4) is 11.1 Å². The second-order valence-electron chi connectivity index (χ2n) is 11.2. The van der Waals surface area contributed by atoms with Crippen molar-refractivity contribution in [1.82, 2.24) is 4.98 Å². The lowest BCUT2D eigenvalue weighted by Gasteiger charge is -2.22. The molecule has 1 aliphatic rings. The van der Waals surface area contributed by atoms with Crippen LogP contribution < -0.4 is 5.32 Å². The van der Waals surface area contributed by atoms with Gasteiger partial charge in [-0.05, 0) is 74.4 Å². The molecule has 0 saturated heterocycles. The van der Waals surface area contributed by atoms with Crippen molar-refractivity contribution in [2.45, 2.75) is 40.0 Å². The van der Waals surface area contributed by atoms with Crippen molar-refractivity contribution >= 4 is 56.7 Å². The van der Waals surface area contributed by atoms with E-state index in [0.717, 1.165) is 51.2 Å². The van der Waals surface area contributed by atoms with Gasteiger partial charge in [0, 0.05) is 15.8 Å². The third-order valence-electron chi connectivity index (χ3n) is 8.01. The molecule has 6 rings (SSSR count). The van der Waals surface area contributed by atoms with E-state index in [1.165, 1.54) is 11.3 Å². The Morgan fingerprint density at radius 2 is 1.59 bits per heavy atom. The molecule has 0 fully saturated rings. The van der Waals surface area contributed by atoms with Crippen LogP contribution >= 0.6 is 11.3 Å². The molecule has 1 N–H and O–H groups in total. The fraction of sp³-hybridized carbons (Fsp3) is 0.211. The smallest absolute Gasteiger partial charge is 0.341 e. The highest BCUT2D eigenvalue weighted by molar-refractivity contribution is 7.17. The highest BCUT2D eigenvalue weighted by atomic mass is 32.1. The van der Waals surface area contributed by atoms with E-state index in [1.54, 1.807) is 6.92 Å². The summed E-state index contributed by atoms with van der Waals surface area (Å²) in [4.78, 5) is 45.9. The van der Waals surface area contributed by atoms with Crippen LogP contribution in [0.1, 0.15) is 67.7 Å². The number of carbonyl (C=O) groups is 3. The van der Waals surface area contributed by atoms with Gasteiger partial charge in [-0.25, -0.2) is 14.6 Å². The summed E-state index contributed by atoms with van der Waals surface area (Å²) < 4.78 is 11.0. The maximum Gasteiger partial charge on any atom is 0.341 e. The molecule has 0 bridgehead atoms. The van der Waals surface area contributed by atoms with Gasteiger partial charge in [0.05, 0.1) is 23.4 Å². The Bertz CT molecular complexity index is 1980. The number of fused-ring (bicyclic) bond motifs is 2. The van der Waals surface area contributed by atoms with Crippen LogP contribution in [0.4, 0.5) is 5.00 Å². The van der Waals surface area contributed by atoms with Gasteiger partial charge in [0.2, 0.25) is 0 Å². The molecule has 1 amide bonds. The number of esters is 2. The molecule has 0 aliphatic heterocycles. The number of nitrogens with one attached hydrogen (secondary N) is 1. The van der Waals surface area contributed by atoms with E-state index in [4.69, 9.17) is 14.5 Å². The number of hydrogen-bond acceptors (Lipinski definition) is 7. The van der Waals surface area contributed by atoms with E-state index in [2.05, 4.69) is 11.4 Å². The second kappa shape index (κ2) is 13.5. The number of rotatable bonds is 8. The summed E-state index contributed by atoms with van der Waals surface area (Å²) in [6.07, 6.45) is 4.51. The van der Waals surface area contributed by atoms with Gasteiger partial charge in [-0.2, -0.15) is 0 Å². The van der Waals surface area contributed by atoms with Crippen molar-refractivity contribution in [3.63, 3.8) is 0 Å². The van der Waals surface area contributed by atoms with Gasteiger partial charge >= 0.3 is 11.9 Å². The van der Waals surface area contributed by atoms with Crippen LogP contribution in [0, 0.1) is 13.8 Å². The molecule has 3 aromatic carbocycles.